The molecule has 1 aliphatic heterocycles. The zero-order valence-electron chi connectivity index (χ0n) is 15.0. The van der Waals surface area contributed by atoms with Crippen molar-refractivity contribution < 1.29 is 9.32 Å². The molecule has 1 atom stereocenters. The summed E-state index contributed by atoms with van der Waals surface area (Å²) in [4.78, 5) is 18.9. The van der Waals surface area contributed by atoms with Gasteiger partial charge in [-0.15, -0.1) is 5.10 Å². The Morgan fingerprint density at radius 3 is 2.85 bits per heavy atom. The molecule has 1 aliphatic rings. The summed E-state index contributed by atoms with van der Waals surface area (Å²) in [6.45, 7) is 7.07. The topological polar surface area (TPSA) is 89.9 Å². The van der Waals surface area contributed by atoms with Crippen molar-refractivity contribution in [2.45, 2.75) is 33.2 Å². The molecule has 0 bridgehead atoms. The molecule has 1 saturated heterocycles. The first-order valence-electron chi connectivity index (χ1n) is 8.60. The first-order valence-corrected chi connectivity index (χ1v) is 8.60. The van der Waals surface area contributed by atoms with Gasteiger partial charge >= 0.3 is 0 Å². The van der Waals surface area contributed by atoms with Crippen LogP contribution in [0.15, 0.2) is 28.9 Å². The second-order valence-electron chi connectivity index (χ2n) is 6.74. The third kappa shape index (κ3) is 2.98. The van der Waals surface area contributed by atoms with Gasteiger partial charge in [-0.25, -0.2) is 4.68 Å². The molecular weight excluding hydrogens is 332 g/mol. The Balaban J connectivity index is 1.48. The predicted molar refractivity (Wildman–Crippen MR) is 93.5 cm³/mol. The Bertz CT molecular complexity index is 960. The Morgan fingerprint density at radius 1 is 1.27 bits per heavy atom. The number of amides is 1. The van der Waals surface area contributed by atoms with Crippen LogP contribution in [-0.2, 0) is 0 Å². The zero-order valence-corrected chi connectivity index (χ0v) is 15.0. The van der Waals surface area contributed by atoms with Gasteiger partial charge in [-0.1, -0.05) is 28.1 Å². The maximum Gasteiger partial charge on any atom is 0.280 e. The third-order valence-electron chi connectivity index (χ3n) is 4.69. The lowest BCUT2D eigenvalue weighted by molar-refractivity contribution is 0.0786. The van der Waals surface area contributed by atoms with Crippen LogP contribution in [0.25, 0.3) is 11.6 Å². The van der Waals surface area contributed by atoms with Crippen molar-refractivity contribution in [3.05, 3.63) is 46.9 Å². The summed E-state index contributed by atoms with van der Waals surface area (Å²) in [5.74, 6) is 0.980. The predicted octanol–water partition coefficient (Wildman–Crippen LogP) is 2.34. The lowest BCUT2D eigenvalue weighted by Gasteiger charge is -2.18. The molecule has 3 heterocycles. The highest BCUT2D eigenvalue weighted by Gasteiger charge is 2.29. The molecule has 134 valence electrons. The molecule has 0 spiro atoms. The minimum atomic E-state index is 0.0675. The molecule has 0 N–H and O–H groups in total. The summed E-state index contributed by atoms with van der Waals surface area (Å²) >= 11 is 0. The van der Waals surface area contributed by atoms with Gasteiger partial charge in [0.1, 0.15) is 0 Å². The lowest BCUT2D eigenvalue weighted by atomic mass is 10.0. The molecule has 1 aromatic carbocycles. The van der Waals surface area contributed by atoms with Crippen molar-refractivity contribution in [2.75, 3.05) is 13.1 Å². The zero-order chi connectivity index (χ0) is 18.3. The number of benzene rings is 1. The van der Waals surface area contributed by atoms with Gasteiger partial charge in [0.2, 0.25) is 0 Å². The molecular formula is C18H20N6O2. The highest BCUT2D eigenvalue weighted by atomic mass is 16.5. The number of hydrogen-bond acceptors (Lipinski definition) is 6. The largest absolute Gasteiger partial charge is 0.336 e. The Kier molecular flexibility index (Phi) is 4.02. The number of aromatic nitrogens is 5. The van der Waals surface area contributed by atoms with Crippen molar-refractivity contribution >= 4 is 5.91 Å². The van der Waals surface area contributed by atoms with Crippen LogP contribution in [0.3, 0.4) is 0 Å². The van der Waals surface area contributed by atoms with Gasteiger partial charge in [0, 0.05) is 18.7 Å². The maximum atomic E-state index is 12.8. The minimum absolute atomic E-state index is 0.0675. The second-order valence-corrected chi connectivity index (χ2v) is 6.74. The molecule has 1 fully saturated rings. The summed E-state index contributed by atoms with van der Waals surface area (Å²) in [5, 5.41) is 12.1. The fourth-order valence-corrected chi connectivity index (χ4v) is 3.32. The molecule has 8 nitrogen and oxygen atoms in total. The smallest absolute Gasteiger partial charge is 0.280 e. The summed E-state index contributed by atoms with van der Waals surface area (Å²) in [6, 6.07) is 6.02. The summed E-state index contributed by atoms with van der Waals surface area (Å²) in [6.07, 6.45) is 2.63. The van der Waals surface area contributed by atoms with E-state index in [9.17, 15) is 4.79 Å². The fraction of sp³-hybridized carbons (Fsp3) is 0.389. The van der Waals surface area contributed by atoms with Crippen molar-refractivity contribution in [1.82, 2.24) is 30.0 Å². The second kappa shape index (κ2) is 6.36. The average Bonchev–Trinajstić information content (AvgIpc) is 3.34. The van der Waals surface area contributed by atoms with E-state index in [1.807, 2.05) is 36.9 Å². The summed E-state index contributed by atoms with van der Waals surface area (Å²) in [5.41, 5.74) is 3.47. The van der Waals surface area contributed by atoms with Gasteiger partial charge in [-0.3, -0.25) is 4.79 Å². The van der Waals surface area contributed by atoms with E-state index < -0.39 is 0 Å². The number of hydrogen-bond donors (Lipinski definition) is 0. The SMILES string of the molecule is Cc1ccc(C(=O)N2CCC(n3cc(-c4nc(C)no4)nn3)C2)c(C)c1. The van der Waals surface area contributed by atoms with Crippen LogP contribution in [-0.4, -0.2) is 49.0 Å². The number of nitrogens with zero attached hydrogens (tertiary/aromatic N) is 6. The van der Waals surface area contributed by atoms with E-state index in [0.29, 0.717) is 30.5 Å². The van der Waals surface area contributed by atoms with E-state index in [-0.39, 0.29) is 11.9 Å². The number of likely N-dealkylation sites (tertiary alicyclic amines) is 1. The van der Waals surface area contributed by atoms with E-state index in [4.69, 9.17) is 4.52 Å². The lowest BCUT2D eigenvalue weighted by Crippen LogP contribution is -2.29. The Morgan fingerprint density at radius 2 is 2.12 bits per heavy atom. The van der Waals surface area contributed by atoms with Crippen LogP contribution < -0.4 is 0 Å². The van der Waals surface area contributed by atoms with Crippen LogP contribution in [0.1, 0.15) is 39.8 Å². The molecule has 0 radical (unpaired) electrons. The minimum Gasteiger partial charge on any atom is -0.336 e. The molecule has 2 aromatic heterocycles. The highest BCUT2D eigenvalue weighted by Crippen LogP contribution is 2.25. The van der Waals surface area contributed by atoms with Crippen molar-refractivity contribution in [2.24, 2.45) is 0 Å². The third-order valence-corrected chi connectivity index (χ3v) is 4.69. The van der Waals surface area contributed by atoms with Crippen LogP contribution in [0.5, 0.6) is 0 Å². The molecule has 8 heteroatoms. The van der Waals surface area contributed by atoms with Gasteiger partial charge in [0.25, 0.3) is 11.8 Å². The highest BCUT2D eigenvalue weighted by molar-refractivity contribution is 5.95. The molecule has 0 aliphatic carbocycles. The van der Waals surface area contributed by atoms with Crippen molar-refractivity contribution in [3.8, 4) is 11.6 Å². The van der Waals surface area contributed by atoms with Crippen LogP contribution in [0.4, 0.5) is 0 Å². The fourth-order valence-electron chi connectivity index (χ4n) is 3.32. The van der Waals surface area contributed by atoms with Gasteiger partial charge in [-0.05, 0) is 38.8 Å². The normalized spacial score (nSPS) is 17.0. The Labute approximate surface area is 150 Å². The van der Waals surface area contributed by atoms with Gasteiger partial charge in [0.15, 0.2) is 11.5 Å². The first kappa shape index (κ1) is 16.4. The molecule has 1 unspecified atom stereocenters. The molecule has 1 amide bonds. The first-order chi connectivity index (χ1) is 12.5. The number of carbonyl (C=O) groups excluding carboxylic acids is 1. The number of carbonyl (C=O) groups is 1. The number of aryl methyl sites for hydroxylation is 3. The summed E-state index contributed by atoms with van der Waals surface area (Å²) < 4.78 is 6.91. The maximum absolute atomic E-state index is 12.8. The van der Waals surface area contributed by atoms with E-state index >= 15 is 0 Å². The monoisotopic (exact) mass is 352 g/mol. The molecule has 4 rings (SSSR count). The van der Waals surface area contributed by atoms with Gasteiger partial charge in [-0.2, -0.15) is 4.98 Å². The van der Waals surface area contributed by atoms with E-state index in [2.05, 4.69) is 20.5 Å². The van der Waals surface area contributed by atoms with Gasteiger partial charge in [0.05, 0.1) is 12.2 Å². The van der Waals surface area contributed by atoms with Crippen molar-refractivity contribution in [3.63, 3.8) is 0 Å². The quantitative estimate of drug-likeness (QED) is 0.719. The van der Waals surface area contributed by atoms with Crippen LogP contribution >= 0.6 is 0 Å². The average molecular weight is 352 g/mol. The van der Waals surface area contributed by atoms with Gasteiger partial charge < -0.3 is 9.42 Å². The summed E-state index contributed by atoms with van der Waals surface area (Å²) in [7, 11) is 0. The van der Waals surface area contributed by atoms with Crippen LogP contribution in [0.2, 0.25) is 0 Å². The van der Waals surface area contributed by atoms with E-state index in [1.54, 1.807) is 17.8 Å². The van der Waals surface area contributed by atoms with Crippen molar-refractivity contribution in [1.29, 1.82) is 0 Å². The van der Waals surface area contributed by atoms with E-state index in [1.165, 1.54) is 0 Å². The molecule has 26 heavy (non-hydrogen) atoms. The molecule has 0 saturated carbocycles. The standard InChI is InChI=1S/C18H20N6O2/c1-11-4-5-15(12(2)8-11)18(25)23-7-6-14(9-23)24-10-16(20-22-24)17-19-13(3)21-26-17/h4-5,8,10,14H,6-7,9H2,1-3H3. The number of rotatable bonds is 3. The van der Waals surface area contributed by atoms with Crippen LogP contribution in [0, 0.1) is 20.8 Å². The molecule has 3 aromatic rings. The van der Waals surface area contributed by atoms with E-state index in [0.717, 1.165) is 23.1 Å². The Hall–Kier alpha value is -3.03.